The maximum absolute atomic E-state index is 12.8. The van der Waals surface area contributed by atoms with E-state index in [1.807, 2.05) is 48.5 Å². The summed E-state index contributed by atoms with van der Waals surface area (Å²) in [7, 11) is 0. The molecule has 1 saturated heterocycles. The first-order valence-electron chi connectivity index (χ1n) is 10.6. The Bertz CT molecular complexity index is 1100. The number of hydrogen-bond acceptors (Lipinski definition) is 4. The molecular weight excluding hydrogens is 426 g/mol. The lowest BCUT2D eigenvalue weighted by molar-refractivity contribution is -0.143. The number of aromatic nitrogens is 1. The van der Waals surface area contributed by atoms with Gasteiger partial charge in [0.25, 0.3) is 5.91 Å². The SMILES string of the molecule is O=C(Nc1ccc(CN2CCC[C@H](C(=O)O)C2)cn1)c1cccc(-c2ccccc2)c1Cl. The van der Waals surface area contributed by atoms with Crippen molar-refractivity contribution < 1.29 is 14.7 Å². The van der Waals surface area contributed by atoms with Gasteiger partial charge < -0.3 is 10.4 Å². The number of benzene rings is 2. The third-order valence-corrected chi connectivity index (χ3v) is 6.06. The monoisotopic (exact) mass is 449 g/mol. The van der Waals surface area contributed by atoms with E-state index in [4.69, 9.17) is 11.6 Å². The fourth-order valence-corrected chi connectivity index (χ4v) is 4.30. The number of nitrogens with one attached hydrogen (secondary N) is 1. The Labute approximate surface area is 191 Å². The Morgan fingerprint density at radius 1 is 1.09 bits per heavy atom. The minimum atomic E-state index is -0.735. The van der Waals surface area contributed by atoms with Crippen LogP contribution in [0.2, 0.25) is 5.02 Å². The lowest BCUT2D eigenvalue weighted by Crippen LogP contribution is -2.38. The van der Waals surface area contributed by atoms with E-state index >= 15 is 0 Å². The van der Waals surface area contributed by atoms with Crippen LogP contribution in [-0.4, -0.2) is 40.0 Å². The minimum Gasteiger partial charge on any atom is -0.481 e. The molecule has 164 valence electrons. The number of nitrogens with zero attached hydrogens (tertiary/aromatic N) is 2. The number of hydrogen-bond donors (Lipinski definition) is 2. The van der Waals surface area contributed by atoms with Crippen LogP contribution in [0.4, 0.5) is 5.82 Å². The molecule has 0 unspecified atom stereocenters. The Kier molecular flexibility index (Phi) is 6.83. The van der Waals surface area contributed by atoms with E-state index in [0.29, 0.717) is 29.5 Å². The Hall–Kier alpha value is -3.22. The molecule has 1 aliphatic rings. The van der Waals surface area contributed by atoms with Gasteiger partial charge in [0.15, 0.2) is 0 Å². The second-order valence-electron chi connectivity index (χ2n) is 7.95. The predicted octanol–water partition coefficient (Wildman–Crippen LogP) is 4.95. The van der Waals surface area contributed by atoms with Crippen LogP contribution >= 0.6 is 11.6 Å². The van der Waals surface area contributed by atoms with Crippen LogP contribution in [-0.2, 0) is 11.3 Å². The third kappa shape index (κ3) is 5.15. The van der Waals surface area contributed by atoms with E-state index in [1.165, 1.54) is 0 Å². The quantitative estimate of drug-likeness (QED) is 0.556. The highest BCUT2D eigenvalue weighted by Gasteiger charge is 2.25. The molecule has 1 atom stereocenters. The summed E-state index contributed by atoms with van der Waals surface area (Å²) in [5.74, 6) is -0.942. The number of anilines is 1. The number of halogens is 1. The van der Waals surface area contributed by atoms with Crippen LogP contribution in [0.25, 0.3) is 11.1 Å². The summed E-state index contributed by atoms with van der Waals surface area (Å²) in [6.07, 6.45) is 3.31. The molecule has 32 heavy (non-hydrogen) atoms. The maximum Gasteiger partial charge on any atom is 0.307 e. The molecule has 1 aliphatic heterocycles. The molecule has 3 aromatic rings. The van der Waals surface area contributed by atoms with Crippen molar-refractivity contribution in [2.24, 2.45) is 5.92 Å². The molecular formula is C25H24ClN3O3. The molecule has 7 heteroatoms. The van der Waals surface area contributed by atoms with E-state index in [1.54, 1.807) is 18.3 Å². The van der Waals surface area contributed by atoms with Crippen LogP contribution < -0.4 is 5.32 Å². The molecule has 2 N–H and O–H groups in total. The standard InChI is InChI=1S/C25H24ClN3O3/c26-23-20(18-6-2-1-3-7-18)9-4-10-21(23)24(30)28-22-12-11-17(14-27-22)15-29-13-5-8-19(16-29)25(31)32/h1-4,6-7,9-12,14,19H,5,8,13,15-16H2,(H,31,32)(H,27,28,30)/t19-/m0/s1. The molecule has 1 fully saturated rings. The van der Waals surface area contributed by atoms with Crippen molar-refractivity contribution in [3.63, 3.8) is 0 Å². The van der Waals surface area contributed by atoms with Gasteiger partial charge in [-0.25, -0.2) is 4.98 Å². The number of piperidine rings is 1. The largest absolute Gasteiger partial charge is 0.481 e. The molecule has 1 amide bonds. The molecule has 0 saturated carbocycles. The van der Waals surface area contributed by atoms with Crippen LogP contribution in [0, 0.1) is 5.92 Å². The lowest BCUT2D eigenvalue weighted by Gasteiger charge is -2.30. The second-order valence-corrected chi connectivity index (χ2v) is 8.33. The third-order valence-electron chi connectivity index (χ3n) is 5.66. The number of likely N-dealkylation sites (tertiary alicyclic amines) is 1. The second kappa shape index (κ2) is 9.94. The fraction of sp³-hybridized carbons (Fsp3) is 0.240. The highest BCUT2D eigenvalue weighted by molar-refractivity contribution is 6.37. The Morgan fingerprint density at radius 3 is 2.62 bits per heavy atom. The Balaban J connectivity index is 1.42. The zero-order chi connectivity index (χ0) is 22.5. The van der Waals surface area contributed by atoms with Crippen molar-refractivity contribution in [1.82, 2.24) is 9.88 Å². The van der Waals surface area contributed by atoms with Crippen molar-refractivity contribution in [3.05, 3.63) is 83.0 Å². The topological polar surface area (TPSA) is 82.5 Å². The average Bonchev–Trinajstić information content (AvgIpc) is 2.81. The van der Waals surface area contributed by atoms with Crippen molar-refractivity contribution >= 4 is 29.3 Å². The van der Waals surface area contributed by atoms with Crippen LogP contribution in [0.5, 0.6) is 0 Å². The first kappa shape index (κ1) is 22.0. The lowest BCUT2D eigenvalue weighted by atomic mass is 9.98. The number of carbonyl (C=O) groups is 2. The first-order chi connectivity index (χ1) is 15.5. The molecule has 1 aromatic heterocycles. The predicted molar refractivity (Wildman–Crippen MR) is 125 cm³/mol. The summed E-state index contributed by atoms with van der Waals surface area (Å²) in [6, 6.07) is 18.7. The van der Waals surface area contributed by atoms with Gasteiger partial charge in [0, 0.05) is 24.8 Å². The average molecular weight is 450 g/mol. The van der Waals surface area contributed by atoms with Crippen molar-refractivity contribution in [1.29, 1.82) is 0 Å². The maximum atomic E-state index is 12.8. The number of amides is 1. The molecule has 0 aliphatic carbocycles. The van der Waals surface area contributed by atoms with Gasteiger partial charge in [0.1, 0.15) is 5.82 Å². The van der Waals surface area contributed by atoms with E-state index in [9.17, 15) is 14.7 Å². The number of pyridine rings is 1. The van der Waals surface area contributed by atoms with Gasteiger partial charge in [-0.15, -0.1) is 0 Å². The van der Waals surface area contributed by atoms with Crippen molar-refractivity contribution in [2.45, 2.75) is 19.4 Å². The van der Waals surface area contributed by atoms with E-state index < -0.39 is 5.97 Å². The van der Waals surface area contributed by atoms with Gasteiger partial charge in [0.05, 0.1) is 16.5 Å². The normalized spacial score (nSPS) is 16.5. The number of carboxylic acid groups (broad SMARTS) is 1. The van der Waals surface area contributed by atoms with Crippen LogP contribution in [0.3, 0.4) is 0 Å². The summed E-state index contributed by atoms with van der Waals surface area (Å²) in [5.41, 5.74) is 3.09. The minimum absolute atomic E-state index is 0.313. The number of carboxylic acids is 1. The number of carbonyl (C=O) groups excluding carboxylic acids is 1. The van der Waals surface area contributed by atoms with E-state index in [-0.39, 0.29) is 11.8 Å². The van der Waals surface area contributed by atoms with Gasteiger partial charge in [-0.3, -0.25) is 14.5 Å². The zero-order valence-corrected chi connectivity index (χ0v) is 18.3. The van der Waals surface area contributed by atoms with Gasteiger partial charge in [-0.1, -0.05) is 60.1 Å². The summed E-state index contributed by atoms with van der Waals surface area (Å²) >= 11 is 6.54. The van der Waals surface area contributed by atoms with Gasteiger partial charge in [0.2, 0.25) is 0 Å². The van der Waals surface area contributed by atoms with Crippen LogP contribution in [0.15, 0.2) is 66.9 Å². The smallest absolute Gasteiger partial charge is 0.307 e. The molecule has 2 heterocycles. The van der Waals surface area contributed by atoms with Crippen molar-refractivity contribution in [2.75, 3.05) is 18.4 Å². The van der Waals surface area contributed by atoms with Gasteiger partial charge in [-0.05, 0) is 42.6 Å². The summed E-state index contributed by atoms with van der Waals surface area (Å²) in [6.45, 7) is 2.05. The summed E-state index contributed by atoms with van der Waals surface area (Å²) in [5, 5.41) is 12.4. The molecule has 4 rings (SSSR count). The highest BCUT2D eigenvalue weighted by atomic mass is 35.5. The molecule has 6 nitrogen and oxygen atoms in total. The molecule has 0 radical (unpaired) electrons. The highest BCUT2D eigenvalue weighted by Crippen LogP contribution is 2.31. The van der Waals surface area contributed by atoms with Gasteiger partial charge >= 0.3 is 5.97 Å². The first-order valence-corrected chi connectivity index (χ1v) is 10.9. The Morgan fingerprint density at radius 2 is 1.91 bits per heavy atom. The zero-order valence-electron chi connectivity index (χ0n) is 17.5. The van der Waals surface area contributed by atoms with E-state index in [2.05, 4.69) is 15.2 Å². The summed E-state index contributed by atoms with van der Waals surface area (Å²) < 4.78 is 0. The fourth-order valence-electron chi connectivity index (χ4n) is 3.98. The van der Waals surface area contributed by atoms with E-state index in [0.717, 1.165) is 36.1 Å². The number of rotatable bonds is 6. The molecule has 0 bridgehead atoms. The summed E-state index contributed by atoms with van der Waals surface area (Å²) in [4.78, 5) is 30.6. The van der Waals surface area contributed by atoms with Crippen LogP contribution in [0.1, 0.15) is 28.8 Å². The number of aliphatic carboxylic acids is 1. The van der Waals surface area contributed by atoms with Crippen molar-refractivity contribution in [3.8, 4) is 11.1 Å². The van der Waals surface area contributed by atoms with Gasteiger partial charge in [-0.2, -0.15) is 0 Å². The molecule has 2 aromatic carbocycles. The molecule has 0 spiro atoms.